The van der Waals surface area contributed by atoms with Crippen LogP contribution in [0.1, 0.15) is 52.9 Å². The molecule has 20 heavy (non-hydrogen) atoms. The van der Waals surface area contributed by atoms with Gasteiger partial charge in [-0.05, 0) is 37.5 Å². The molecule has 116 valence electrons. The molecule has 2 fully saturated rings. The van der Waals surface area contributed by atoms with Crippen molar-refractivity contribution in [3.05, 3.63) is 0 Å². The maximum Gasteiger partial charge on any atom is 0.241 e. The van der Waals surface area contributed by atoms with E-state index in [9.17, 15) is 4.79 Å². The van der Waals surface area contributed by atoms with E-state index in [-0.39, 0.29) is 18.1 Å². The molecule has 1 saturated carbocycles. The summed E-state index contributed by atoms with van der Waals surface area (Å²) >= 11 is 0. The molecule has 1 heterocycles. The summed E-state index contributed by atoms with van der Waals surface area (Å²) in [6.07, 6.45) is 5.85. The van der Waals surface area contributed by atoms with Crippen molar-refractivity contribution in [2.24, 2.45) is 11.8 Å². The molecule has 4 heteroatoms. The highest BCUT2D eigenvalue weighted by Crippen LogP contribution is 2.28. The van der Waals surface area contributed by atoms with E-state index in [1.165, 1.54) is 12.8 Å². The van der Waals surface area contributed by atoms with Crippen LogP contribution in [0.25, 0.3) is 0 Å². The number of ether oxygens (including phenoxy) is 1. The first kappa shape index (κ1) is 15.8. The van der Waals surface area contributed by atoms with Crippen molar-refractivity contribution in [1.29, 1.82) is 0 Å². The van der Waals surface area contributed by atoms with Crippen LogP contribution >= 0.6 is 0 Å². The molecule has 0 aromatic carbocycles. The lowest BCUT2D eigenvalue weighted by Gasteiger charge is -2.23. The standard InChI is InChI=1S/C16H30N2O2/c1-4-12(3)15-16(19)18(14(5-2)17-15)9-6-10-20-11-13-7-8-13/h12-15,17H,4-11H2,1-3H3. The van der Waals surface area contributed by atoms with Gasteiger partial charge in [-0.25, -0.2) is 0 Å². The van der Waals surface area contributed by atoms with Gasteiger partial charge >= 0.3 is 0 Å². The van der Waals surface area contributed by atoms with Gasteiger partial charge in [0.05, 0.1) is 12.2 Å². The normalized spacial score (nSPS) is 28.1. The van der Waals surface area contributed by atoms with Crippen LogP contribution in [-0.4, -0.2) is 42.8 Å². The summed E-state index contributed by atoms with van der Waals surface area (Å²) in [5.74, 6) is 1.52. The molecule has 3 atom stereocenters. The number of rotatable bonds is 9. The fourth-order valence-electron chi connectivity index (χ4n) is 2.82. The van der Waals surface area contributed by atoms with Crippen LogP contribution in [0.4, 0.5) is 0 Å². The van der Waals surface area contributed by atoms with Gasteiger partial charge in [0.2, 0.25) is 5.91 Å². The SMILES string of the molecule is CCC(C)C1NC(CC)N(CCCOCC2CC2)C1=O. The second-order valence-corrected chi connectivity index (χ2v) is 6.36. The van der Waals surface area contributed by atoms with Crippen molar-refractivity contribution < 1.29 is 9.53 Å². The maximum absolute atomic E-state index is 12.5. The predicted octanol–water partition coefficient (Wildman–Crippen LogP) is 2.39. The largest absolute Gasteiger partial charge is 0.381 e. The fourth-order valence-corrected chi connectivity index (χ4v) is 2.82. The van der Waals surface area contributed by atoms with Crippen LogP contribution in [-0.2, 0) is 9.53 Å². The highest BCUT2D eigenvalue weighted by molar-refractivity contribution is 5.84. The summed E-state index contributed by atoms with van der Waals surface area (Å²) in [6.45, 7) is 8.96. The zero-order chi connectivity index (χ0) is 14.5. The quantitative estimate of drug-likeness (QED) is 0.660. The Morgan fingerprint density at radius 2 is 2.15 bits per heavy atom. The van der Waals surface area contributed by atoms with Crippen LogP contribution in [0, 0.1) is 11.8 Å². The molecule has 0 aromatic rings. The number of carbonyl (C=O) groups is 1. The molecule has 2 rings (SSSR count). The van der Waals surface area contributed by atoms with Gasteiger partial charge in [0, 0.05) is 19.8 Å². The summed E-state index contributed by atoms with van der Waals surface area (Å²) in [5.41, 5.74) is 0. The third-order valence-corrected chi connectivity index (χ3v) is 4.64. The molecule has 4 nitrogen and oxygen atoms in total. The lowest BCUT2D eigenvalue weighted by atomic mass is 9.99. The van der Waals surface area contributed by atoms with E-state index in [2.05, 4.69) is 26.1 Å². The van der Waals surface area contributed by atoms with Crippen molar-refractivity contribution >= 4 is 5.91 Å². The molecular weight excluding hydrogens is 252 g/mol. The number of carbonyl (C=O) groups excluding carboxylic acids is 1. The van der Waals surface area contributed by atoms with E-state index in [4.69, 9.17) is 4.74 Å². The second-order valence-electron chi connectivity index (χ2n) is 6.36. The number of hydrogen-bond donors (Lipinski definition) is 1. The van der Waals surface area contributed by atoms with Crippen molar-refractivity contribution in [2.45, 2.75) is 65.1 Å². The highest BCUT2D eigenvalue weighted by atomic mass is 16.5. The molecule has 0 radical (unpaired) electrons. The van der Waals surface area contributed by atoms with E-state index in [1.807, 2.05) is 4.90 Å². The van der Waals surface area contributed by atoms with E-state index < -0.39 is 0 Å². The lowest BCUT2D eigenvalue weighted by Crippen LogP contribution is -2.37. The van der Waals surface area contributed by atoms with E-state index >= 15 is 0 Å². The monoisotopic (exact) mass is 282 g/mol. The third kappa shape index (κ3) is 3.95. The number of hydrogen-bond acceptors (Lipinski definition) is 3. The molecule has 3 unspecified atom stereocenters. The van der Waals surface area contributed by atoms with Gasteiger partial charge in [0.1, 0.15) is 0 Å². The number of nitrogens with zero attached hydrogens (tertiary/aromatic N) is 1. The first-order valence-corrected chi connectivity index (χ1v) is 8.31. The molecule has 0 bridgehead atoms. The van der Waals surface area contributed by atoms with Crippen molar-refractivity contribution in [2.75, 3.05) is 19.8 Å². The summed E-state index contributed by atoms with van der Waals surface area (Å²) in [7, 11) is 0. The van der Waals surface area contributed by atoms with E-state index in [0.29, 0.717) is 5.92 Å². The molecule has 2 aliphatic rings. The summed E-state index contributed by atoms with van der Waals surface area (Å²) in [4.78, 5) is 14.5. The Labute approximate surface area is 123 Å². The van der Waals surface area contributed by atoms with Crippen molar-refractivity contribution in [3.63, 3.8) is 0 Å². The Balaban J connectivity index is 1.74. The Kier molecular flexibility index (Phi) is 5.85. The van der Waals surface area contributed by atoms with Crippen LogP contribution in [0.3, 0.4) is 0 Å². The molecule has 1 N–H and O–H groups in total. The lowest BCUT2D eigenvalue weighted by molar-refractivity contribution is -0.131. The molecule has 1 amide bonds. The molecule has 0 spiro atoms. The second kappa shape index (κ2) is 7.41. The minimum absolute atomic E-state index is 0.0114. The van der Waals surface area contributed by atoms with Crippen LogP contribution in [0.5, 0.6) is 0 Å². The molecule has 1 aliphatic carbocycles. The minimum atomic E-state index is 0.0114. The summed E-state index contributed by atoms with van der Waals surface area (Å²) in [6, 6.07) is 0.0114. The molecule has 1 aliphatic heterocycles. The number of nitrogens with one attached hydrogen (secondary N) is 1. The topological polar surface area (TPSA) is 41.6 Å². The zero-order valence-electron chi connectivity index (χ0n) is 13.2. The molecule has 1 saturated heterocycles. The molecular formula is C16H30N2O2. The van der Waals surface area contributed by atoms with Gasteiger partial charge in [-0.15, -0.1) is 0 Å². The first-order chi connectivity index (χ1) is 9.67. The predicted molar refractivity (Wildman–Crippen MR) is 80.3 cm³/mol. The van der Waals surface area contributed by atoms with Crippen LogP contribution < -0.4 is 5.32 Å². The molecule has 0 aromatic heterocycles. The van der Waals surface area contributed by atoms with Gasteiger partial charge in [-0.3, -0.25) is 10.1 Å². The van der Waals surface area contributed by atoms with Crippen molar-refractivity contribution in [1.82, 2.24) is 10.2 Å². The van der Waals surface area contributed by atoms with Gasteiger partial charge in [-0.1, -0.05) is 27.2 Å². The highest BCUT2D eigenvalue weighted by Gasteiger charge is 2.39. The average Bonchev–Trinajstić information content (AvgIpc) is 3.22. The first-order valence-electron chi connectivity index (χ1n) is 8.31. The zero-order valence-corrected chi connectivity index (χ0v) is 13.2. The third-order valence-electron chi connectivity index (χ3n) is 4.64. The summed E-state index contributed by atoms with van der Waals surface area (Å²) < 4.78 is 5.66. The average molecular weight is 282 g/mol. The number of amides is 1. The van der Waals surface area contributed by atoms with Gasteiger partial charge in [0.25, 0.3) is 0 Å². The minimum Gasteiger partial charge on any atom is -0.381 e. The van der Waals surface area contributed by atoms with Gasteiger partial charge in [-0.2, -0.15) is 0 Å². The van der Waals surface area contributed by atoms with Crippen molar-refractivity contribution in [3.8, 4) is 0 Å². The summed E-state index contributed by atoms with van der Waals surface area (Å²) in [5, 5.41) is 3.50. The van der Waals surface area contributed by atoms with E-state index in [1.54, 1.807) is 0 Å². The Hall–Kier alpha value is -0.610. The van der Waals surface area contributed by atoms with Crippen LogP contribution in [0.2, 0.25) is 0 Å². The van der Waals surface area contributed by atoms with E-state index in [0.717, 1.165) is 44.9 Å². The maximum atomic E-state index is 12.5. The Morgan fingerprint density at radius 3 is 2.75 bits per heavy atom. The fraction of sp³-hybridized carbons (Fsp3) is 0.938. The van der Waals surface area contributed by atoms with Crippen LogP contribution in [0.15, 0.2) is 0 Å². The Bertz CT molecular complexity index is 318. The van der Waals surface area contributed by atoms with Gasteiger partial charge < -0.3 is 9.64 Å². The Morgan fingerprint density at radius 1 is 1.40 bits per heavy atom. The van der Waals surface area contributed by atoms with Gasteiger partial charge in [0.15, 0.2) is 0 Å². The smallest absolute Gasteiger partial charge is 0.241 e.